The average molecular weight is 425 g/mol. The standard InChI is InChI=1S/C26H23N3O3/c1-26(24(31)27-25(32)28-26)20-13-11-19(12-14-20)23(30)29-16-15-17-7-5-6-10-21(17)22(29)18-8-3-2-4-9-18/h2-14,22H,15-16H2,1H3,(H2,27,28,31,32)/t22-,26?/m0/s1. The maximum atomic E-state index is 13.6. The predicted octanol–water partition coefficient (Wildman–Crippen LogP) is 3.53. The zero-order chi connectivity index (χ0) is 22.3. The highest BCUT2D eigenvalue weighted by atomic mass is 16.2. The highest BCUT2D eigenvalue weighted by Crippen LogP contribution is 2.36. The molecule has 0 spiro atoms. The molecule has 0 saturated carbocycles. The van der Waals surface area contributed by atoms with Gasteiger partial charge in [0.2, 0.25) is 0 Å². The third-order valence-corrected chi connectivity index (χ3v) is 6.41. The summed E-state index contributed by atoms with van der Waals surface area (Å²) >= 11 is 0. The van der Waals surface area contributed by atoms with Gasteiger partial charge in [-0.3, -0.25) is 14.9 Å². The summed E-state index contributed by atoms with van der Waals surface area (Å²) in [5.74, 6) is -0.469. The maximum absolute atomic E-state index is 13.6. The van der Waals surface area contributed by atoms with Crippen LogP contribution in [0, 0.1) is 0 Å². The summed E-state index contributed by atoms with van der Waals surface area (Å²) < 4.78 is 0. The van der Waals surface area contributed by atoms with E-state index in [4.69, 9.17) is 0 Å². The van der Waals surface area contributed by atoms with Gasteiger partial charge in [-0.05, 0) is 47.7 Å². The first-order valence-electron chi connectivity index (χ1n) is 10.7. The maximum Gasteiger partial charge on any atom is 0.322 e. The topological polar surface area (TPSA) is 78.5 Å². The number of hydrogen-bond donors (Lipinski definition) is 2. The van der Waals surface area contributed by atoms with Crippen molar-refractivity contribution in [2.24, 2.45) is 0 Å². The lowest BCUT2D eigenvalue weighted by molar-refractivity contribution is -0.123. The van der Waals surface area contributed by atoms with Crippen molar-refractivity contribution in [3.05, 3.63) is 107 Å². The molecule has 4 amide bonds. The number of benzene rings is 3. The first kappa shape index (κ1) is 20.0. The molecule has 5 rings (SSSR count). The second-order valence-electron chi connectivity index (χ2n) is 8.37. The molecule has 0 aliphatic carbocycles. The summed E-state index contributed by atoms with van der Waals surface area (Å²) in [6, 6.07) is 24.6. The monoisotopic (exact) mass is 425 g/mol. The number of hydrogen-bond acceptors (Lipinski definition) is 3. The van der Waals surface area contributed by atoms with E-state index >= 15 is 0 Å². The molecule has 0 aromatic heterocycles. The van der Waals surface area contributed by atoms with Crippen LogP contribution in [0.1, 0.15) is 45.6 Å². The normalized spacial score (nSPS) is 22.2. The Morgan fingerprint density at radius 3 is 2.31 bits per heavy atom. The van der Waals surface area contributed by atoms with Crippen LogP contribution in [0.4, 0.5) is 4.79 Å². The third-order valence-electron chi connectivity index (χ3n) is 6.41. The van der Waals surface area contributed by atoms with Gasteiger partial charge in [0.25, 0.3) is 11.8 Å². The van der Waals surface area contributed by atoms with E-state index in [-0.39, 0.29) is 11.9 Å². The van der Waals surface area contributed by atoms with Crippen molar-refractivity contribution >= 4 is 17.8 Å². The molecule has 6 nitrogen and oxygen atoms in total. The van der Waals surface area contributed by atoms with Crippen molar-refractivity contribution in [1.29, 1.82) is 0 Å². The van der Waals surface area contributed by atoms with Gasteiger partial charge in [-0.15, -0.1) is 0 Å². The molecule has 0 bridgehead atoms. The molecule has 2 aliphatic rings. The van der Waals surface area contributed by atoms with Crippen molar-refractivity contribution in [2.45, 2.75) is 24.9 Å². The minimum Gasteiger partial charge on any atom is -0.327 e. The van der Waals surface area contributed by atoms with E-state index in [0.717, 1.165) is 17.5 Å². The molecule has 2 atom stereocenters. The summed E-state index contributed by atoms with van der Waals surface area (Å²) in [6.07, 6.45) is 0.799. The second-order valence-corrected chi connectivity index (χ2v) is 8.37. The fraction of sp³-hybridized carbons (Fsp3) is 0.192. The van der Waals surface area contributed by atoms with Crippen molar-refractivity contribution in [3.63, 3.8) is 0 Å². The van der Waals surface area contributed by atoms with Gasteiger partial charge in [-0.25, -0.2) is 4.79 Å². The Balaban J connectivity index is 1.48. The molecule has 32 heavy (non-hydrogen) atoms. The summed E-state index contributed by atoms with van der Waals surface area (Å²) in [5.41, 5.74) is 3.50. The van der Waals surface area contributed by atoms with Gasteiger partial charge in [-0.2, -0.15) is 0 Å². The summed E-state index contributed by atoms with van der Waals surface area (Å²) in [6.45, 7) is 2.27. The van der Waals surface area contributed by atoms with Crippen LogP contribution in [0.25, 0.3) is 0 Å². The van der Waals surface area contributed by atoms with Crippen LogP contribution in [0.3, 0.4) is 0 Å². The van der Waals surface area contributed by atoms with Gasteiger partial charge in [-0.1, -0.05) is 66.7 Å². The van der Waals surface area contributed by atoms with Gasteiger partial charge < -0.3 is 10.2 Å². The number of nitrogens with one attached hydrogen (secondary N) is 2. The summed E-state index contributed by atoms with van der Waals surface area (Å²) in [5, 5.41) is 4.92. The third kappa shape index (κ3) is 3.24. The Bertz CT molecular complexity index is 1210. The highest BCUT2D eigenvalue weighted by Gasteiger charge is 2.43. The van der Waals surface area contributed by atoms with Gasteiger partial charge in [0.1, 0.15) is 5.54 Å². The van der Waals surface area contributed by atoms with E-state index in [9.17, 15) is 14.4 Å². The van der Waals surface area contributed by atoms with Crippen LogP contribution in [0.5, 0.6) is 0 Å². The van der Waals surface area contributed by atoms with Crippen LogP contribution in [0.15, 0.2) is 78.9 Å². The molecule has 3 aromatic carbocycles. The van der Waals surface area contributed by atoms with E-state index in [1.807, 2.05) is 35.2 Å². The summed E-state index contributed by atoms with van der Waals surface area (Å²) in [4.78, 5) is 39.3. The van der Waals surface area contributed by atoms with E-state index in [0.29, 0.717) is 17.7 Å². The smallest absolute Gasteiger partial charge is 0.322 e. The number of amides is 4. The quantitative estimate of drug-likeness (QED) is 0.630. The highest BCUT2D eigenvalue weighted by molar-refractivity contribution is 6.07. The van der Waals surface area contributed by atoms with Crippen LogP contribution in [-0.4, -0.2) is 29.3 Å². The van der Waals surface area contributed by atoms with Crippen molar-refractivity contribution in [2.75, 3.05) is 6.54 Å². The first-order valence-corrected chi connectivity index (χ1v) is 10.7. The van der Waals surface area contributed by atoms with Gasteiger partial charge >= 0.3 is 6.03 Å². The Morgan fingerprint density at radius 2 is 1.62 bits per heavy atom. The summed E-state index contributed by atoms with van der Waals surface area (Å²) in [7, 11) is 0. The molecule has 160 valence electrons. The molecular formula is C26H23N3O3. The lowest BCUT2D eigenvalue weighted by Gasteiger charge is -2.38. The predicted molar refractivity (Wildman–Crippen MR) is 120 cm³/mol. The number of fused-ring (bicyclic) bond motifs is 1. The van der Waals surface area contributed by atoms with Gasteiger partial charge in [0, 0.05) is 12.1 Å². The molecule has 1 saturated heterocycles. The van der Waals surface area contributed by atoms with Crippen LogP contribution < -0.4 is 10.6 Å². The van der Waals surface area contributed by atoms with Gasteiger partial charge in [0.05, 0.1) is 6.04 Å². The number of carbonyl (C=O) groups is 3. The van der Waals surface area contributed by atoms with Crippen molar-refractivity contribution in [3.8, 4) is 0 Å². The molecule has 0 radical (unpaired) electrons. The zero-order valence-electron chi connectivity index (χ0n) is 17.7. The van der Waals surface area contributed by atoms with E-state index in [2.05, 4.69) is 34.9 Å². The Hall–Kier alpha value is -3.93. The first-order chi connectivity index (χ1) is 15.5. The number of nitrogens with zero attached hydrogens (tertiary/aromatic N) is 1. The minimum absolute atomic E-state index is 0.0648. The van der Waals surface area contributed by atoms with Crippen molar-refractivity contribution in [1.82, 2.24) is 15.5 Å². The second kappa shape index (κ2) is 7.64. The number of rotatable bonds is 3. The number of imide groups is 1. The molecule has 6 heteroatoms. The van der Waals surface area contributed by atoms with Crippen molar-refractivity contribution < 1.29 is 14.4 Å². The molecule has 2 N–H and O–H groups in total. The molecular weight excluding hydrogens is 402 g/mol. The van der Waals surface area contributed by atoms with E-state index in [1.54, 1.807) is 31.2 Å². The Morgan fingerprint density at radius 1 is 0.938 bits per heavy atom. The molecule has 3 aromatic rings. The molecule has 1 unspecified atom stereocenters. The van der Waals surface area contributed by atoms with E-state index < -0.39 is 17.5 Å². The Labute approximate surface area is 186 Å². The number of urea groups is 1. The fourth-order valence-electron chi connectivity index (χ4n) is 4.64. The van der Waals surface area contributed by atoms with Gasteiger partial charge in [0.15, 0.2) is 0 Å². The number of carbonyl (C=O) groups excluding carboxylic acids is 3. The SMILES string of the molecule is CC1(c2ccc(C(=O)N3CCc4ccccc4[C@@H]3c3ccccc3)cc2)NC(=O)NC1=O. The van der Waals surface area contributed by atoms with Crippen LogP contribution in [0.2, 0.25) is 0 Å². The molecule has 2 aliphatic heterocycles. The van der Waals surface area contributed by atoms with E-state index in [1.165, 1.54) is 5.56 Å². The molecule has 1 fully saturated rings. The Kier molecular flexibility index (Phi) is 4.78. The fourth-order valence-corrected chi connectivity index (χ4v) is 4.64. The minimum atomic E-state index is -1.14. The van der Waals surface area contributed by atoms with Crippen LogP contribution in [-0.2, 0) is 16.8 Å². The average Bonchev–Trinajstić information content (AvgIpc) is 3.10. The lowest BCUT2D eigenvalue weighted by atomic mass is 9.87. The molecule has 2 heterocycles. The largest absolute Gasteiger partial charge is 0.327 e. The van der Waals surface area contributed by atoms with Crippen LogP contribution >= 0.6 is 0 Å². The lowest BCUT2D eigenvalue weighted by Crippen LogP contribution is -2.41. The zero-order valence-corrected chi connectivity index (χ0v) is 17.7.